The zero-order chi connectivity index (χ0) is 11.0. The van der Waals surface area contributed by atoms with Crippen molar-refractivity contribution in [2.24, 2.45) is 0 Å². The van der Waals surface area contributed by atoms with Crippen LogP contribution in [0.5, 0.6) is 0 Å². The number of rotatable bonds is 1. The van der Waals surface area contributed by atoms with E-state index in [1.807, 2.05) is 25.1 Å². The SMILES string of the molecule is CCc1cccc2cc(C)c(F)c(F)c12. The molecule has 15 heavy (non-hydrogen) atoms. The van der Waals surface area contributed by atoms with E-state index in [9.17, 15) is 8.78 Å². The first kappa shape index (κ1) is 10.1. The molecule has 78 valence electrons. The molecule has 0 N–H and O–H groups in total. The summed E-state index contributed by atoms with van der Waals surface area (Å²) in [7, 11) is 0. The lowest BCUT2D eigenvalue weighted by Crippen LogP contribution is -1.94. The number of halogens is 2. The van der Waals surface area contributed by atoms with E-state index < -0.39 is 11.6 Å². The van der Waals surface area contributed by atoms with Crippen LogP contribution in [0.15, 0.2) is 24.3 Å². The predicted octanol–water partition coefficient (Wildman–Crippen LogP) is 3.99. The molecular formula is C13H12F2. The van der Waals surface area contributed by atoms with Crippen LogP contribution < -0.4 is 0 Å². The van der Waals surface area contributed by atoms with Gasteiger partial charge in [-0.25, -0.2) is 8.78 Å². The summed E-state index contributed by atoms with van der Waals surface area (Å²) >= 11 is 0. The normalized spacial score (nSPS) is 10.9. The van der Waals surface area contributed by atoms with E-state index in [1.165, 1.54) is 0 Å². The molecule has 2 rings (SSSR count). The molecule has 0 heterocycles. The van der Waals surface area contributed by atoms with Crippen molar-refractivity contribution in [2.75, 3.05) is 0 Å². The minimum absolute atomic E-state index is 0.355. The molecule has 0 radical (unpaired) electrons. The Hall–Kier alpha value is -1.44. The summed E-state index contributed by atoms with van der Waals surface area (Å²) in [5.74, 6) is -1.45. The number of hydrogen-bond acceptors (Lipinski definition) is 0. The largest absolute Gasteiger partial charge is 0.203 e. The van der Waals surface area contributed by atoms with Crippen LogP contribution in [0.25, 0.3) is 10.8 Å². The van der Waals surface area contributed by atoms with Crippen molar-refractivity contribution in [1.29, 1.82) is 0 Å². The first-order valence-corrected chi connectivity index (χ1v) is 5.01. The molecule has 0 atom stereocenters. The van der Waals surface area contributed by atoms with Gasteiger partial charge in [0.25, 0.3) is 0 Å². The molecule has 0 spiro atoms. The van der Waals surface area contributed by atoms with Gasteiger partial charge in [-0.15, -0.1) is 0 Å². The van der Waals surface area contributed by atoms with Gasteiger partial charge in [-0.1, -0.05) is 25.1 Å². The predicted molar refractivity (Wildman–Crippen MR) is 58.0 cm³/mol. The molecule has 0 nitrogen and oxygen atoms in total. The van der Waals surface area contributed by atoms with Gasteiger partial charge in [0.05, 0.1) is 0 Å². The molecule has 0 saturated heterocycles. The van der Waals surface area contributed by atoms with Gasteiger partial charge >= 0.3 is 0 Å². The number of fused-ring (bicyclic) bond motifs is 1. The van der Waals surface area contributed by atoms with E-state index in [1.54, 1.807) is 13.0 Å². The molecular weight excluding hydrogens is 194 g/mol. The Balaban J connectivity index is 2.93. The van der Waals surface area contributed by atoms with Crippen LogP contribution in [-0.4, -0.2) is 0 Å². The first-order chi connectivity index (χ1) is 7.15. The summed E-state index contributed by atoms with van der Waals surface area (Å²) in [5, 5.41) is 1.19. The van der Waals surface area contributed by atoms with Gasteiger partial charge < -0.3 is 0 Å². The van der Waals surface area contributed by atoms with E-state index in [-0.39, 0.29) is 0 Å². The third kappa shape index (κ3) is 1.50. The Morgan fingerprint density at radius 1 is 1.13 bits per heavy atom. The fourth-order valence-corrected chi connectivity index (χ4v) is 1.88. The van der Waals surface area contributed by atoms with Crippen LogP contribution in [-0.2, 0) is 6.42 Å². The molecule has 2 aromatic rings. The number of benzene rings is 2. The first-order valence-electron chi connectivity index (χ1n) is 5.01. The Labute approximate surface area is 87.5 Å². The highest BCUT2D eigenvalue weighted by Gasteiger charge is 2.12. The number of hydrogen-bond donors (Lipinski definition) is 0. The summed E-state index contributed by atoms with van der Waals surface area (Å²) in [6.45, 7) is 3.52. The fourth-order valence-electron chi connectivity index (χ4n) is 1.88. The maximum Gasteiger partial charge on any atom is 0.167 e. The molecule has 0 fully saturated rings. The minimum Gasteiger partial charge on any atom is -0.203 e. The van der Waals surface area contributed by atoms with Gasteiger partial charge in [-0.2, -0.15) is 0 Å². The highest BCUT2D eigenvalue weighted by Crippen LogP contribution is 2.26. The smallest absolute Gasteiger partial charge is 0.167 e. The van der Waals surface area contributed by atoms with Crippen LogP contribution in [0.1, 0.15) is 18.1 Å². The van der Waals surface area contributed by atoms with Crippen molar-refractivity contribution >= 4 is 10.8 Å². The van der Waals surface area contributed by atoms with E-state index in [2.05, 4.69) is 0 Å². The van der Waals surface area contributed by atoms with Crippen molar-refractivity contribution in [3.8, 4) is 0 Å². The fraction of sp³-hybridized carbons (Fsp3) is 0.231. The average Bonchev–Trinajstić information content (AvgIpc) is 2.25. The van der Waals surface area contributed by atoms with Crippen LogP contribution in [0.4, 0.5) is 8.78 Å². The van der Waals surface area contributed by atoms with Crippen LogP contribution in [0, 0.1) is 18.6 Å². The quantitative estimate of drug-likeness (QED) is 0.661. The zero-order valence-electron chi connectivity index (χ0n) is 8.77. The van der Waals surface area contributed by atoms with Gasteiger partial charge in [0.15, 0.2) is 11.6 Å². The summed E-state index contributed by atoms with van der Waals surface area (Å²) < 4.78 is 27.1. The van der Waals surface area contributed by atoms with Crippen LogP contribution in [0.2, 0.25) is 0 Å². The lowest BCUT2D eigenvalue weighted by molar-refractivity contribution is 0.511. The molecule has 0 saturated carbocycles. The second-order valence-corrected chi connectivity index (χ2v) is 3.69. The molecule has 0 unspecified atom stereocenters. The van der Waals surface area contributed by atoms with E-state index in [4.69, 9.17) is 0 Å². The minimum atomic E-state index is -0.733. The van der Waals surface area contributed by atoms with E-state index in [0.29, 0.717) is 17.4 Å². The lowest BCUT2D eigenvalue weighted by atomic mass is 10.00. The van der Waals surface area contributed by atoms with Crippen molar-refractivity contribution in [1.82, 2.24) is 0 Å². The maximum atomic E-state index is 13.7. The highest BCUT2D eigenvalue weighted by atomic mass is 19.2. The van der Waals surface area contributed by atoms with Crippen molar-refractivity contribution in [2.45, 2.75) is 20.3 Å². The van der Waals surface area contributed by atoms with Crippen LogP contribution in [0.3, 0.4) is 0 Å². The van der Waals surface area contributed by atoms with Gasteiger partial charge in [0.2, 0.25) is 0 Å². The number of aryl methyl sites for hydroxylation is 2. The van der Waals surface area contributed by atoms with Crippen LogP contribution >= 0.6 is 0 Å². The van der Waals surface area contributed by atoms with E-state index in [0.717, 1.165) is 10.9 Å². The molecule has 0 aliphatic heterocycles. The molecule has 0 aliphatic carbocycles. The summed E-state index contributed by atoms with van der Waals surface area (Å²) in [4.78, 5) is 0. The zero-order valence-corrected chi connectivity index (χ0v) is 8.77. The molecule has 2 heteroatoms. The van der Waals surface area contributed by atoms with Crippen molar-refractivity contribution < 1.29 is 8.78 Å². The molecule has 0 bridgehead atoms. The summed E-state index contributed by atoms with van der Waals surface area (Å²) in [6.07, 6.45) is 0.705. The Bertz CT molecular complexity index is 515. The topological polar surface area (TPSA) is 0 Å². The second kappa shape index (κ2) is 3.61. The molecule has 0 aliphatic rings. The Morgan fingerprint density at radius 2 is 1.87 bits per heavy atom. The van der Waals surface area contributed by atoms with Gasteiger partial charge in [-0.3, -0.25) is 0 Å². The van der Waals surface area contributed by atoms with Crippen molar-refractivity contribution in [3.63, 3.8) is 0 Å². The van der Waals surface area contributed by atoms with Gasteiger partial charge in [-0.05, 0) is 35.9 Å². The van der Waals surface area contributed by atoms with Crippen molar-refractivity contribution in [3.05, 3.63) is 47.0 Å². The van der Waals surface area contributed by atoms with E-state index >= 15 is 0 Å². The standard InChI is InChI=1S/C13H12F2/c1-3-9-5-4-6-10-7-8(2)12(14)13(15)11(9)10/h4-7H,3H2,1-2H3. The maximum absolute atomic E-state index is 13.7. The average molecular weight is 206 g/mol. The summed E-state index contributed by atoms with van der Waals surface area (Å²) in [6, 6.07) is 7.20. The van der Waals surface area contributed by atoms with Gasteiger partial charge in [0, 0.05) is 5.39 Å². The van der Waals surface area contributed by atoms with Gasteiger partial charge in [0.1, 0.15) is 0 Å². The third-order valence-electron chi connectivity index (χ3n) is 2.69. The summed E-state index contributed by atoms with van der Waals surface area (Å²) in [5.41, 5.74) is 1.21. The molecule has 0 aromatic heterocycles. The Morgan fingerprint density at radius 3 is 2.53 bits per heavy atom. The lowest BCUT2D eigenvalue weighted by Gasteiger charge is -2.08. The monoisotopic (exact) mass is 206 g/mol. The molecule has 0 amide bonds. The third-order valence-corrected chi connectivity index (χ3v) is 2.69. The second-order valence-electron chi connectivity index (χ2n) is 3.69. The Kier molecular flexibility index (Phi) is 2.43. The highest BCUT2D eigenvalue weighted by molar-refractivity contribution is 5.87. The molecule has 2 aromatic carbocycles.